The third-order valence-corrected chi connectivity index (χ3v) is 4.37. The number of unbranched alkanes of at least 4 members (excludes halogenated alkanes) is 11. The summed E-state index contributed by atoms with van der Waals surface area (Å²) in [5.74, 6) is 0. The quantitative estimate of drug-likeness (QED) is 0.257. The number of halogens is 1. The van der Waals surface area contributed by atoms with Gasteiger partial charge >= 0.3 is 6.09 Å². The van der Waals surface area contributed by atoms with Crippen LogP contribution in [-0.4, -0.2) is 24.6 Å². The number of ether oxygens (including phenoxy) is 1. The second-order valence-electron chi connectivity index (χ2n) is 5.99. The van der Waals surface area contributed by atoms with Gasteiger partial charge in [-0.3, -0.25) is 0 Å². The van der Waals surface area contributed by atoms with Crippen molar-refractivity contribution in [2.45, 2.75) is 90.4 Å². The van der Waals surface area contributed by atoms with Gasteiger partial charge in [-0.05, 0) is 19.3 Å². The standard InChI is InChI=1S/C18H36BrNO2/c1-2-3-4-5-6-7-8-11-14-17-22-18(21)20-16-13-10-9-12-15-19/h2-17H2,1H3,(H,20,21). The Labute approximate surface area is 146 Å². The van der Waals surface area contributed by atoms with E-state index in [1.165, 1.54) is 70.6 Å². The first kappa shape index (κ1) is 21.8. The smallest absolute Gasteiger partial charge is 0.407 e. The lowest BCUT2D eigenvalue weighted by atomic mass is 10.1. The predicted molar refractivity (Wildman–Crippen MR) is 98.8 cm³/mol. The lowest BCUT2D eigenvalue weighted by molar-refractivity contribution is 0.143. The Morgan fingerprint density at radius 1 is 0.818 bits per heavy atom. The first-order chi connectivity index (χ1) is 10.8. The molecule has 0 aliphatic heterocycles. The zero-order chi connectivity index (χ0) is 16.3. The second kappa shape index (κ2) is 18.8. The average Bonchev–Trinajstić information content (AvgIpc) is 2.52. The Morgan fingerprint density at radius 3 is 2.00 bits per heavy atom. The van der Waals surface area contributed by atoms with Crippen molar-refractivity contribution >= 4 is 22.0 Å². The van der Waals surface area contributed by atoms with Gasteiger partial charge in [0.25, 0.3) is 0 Å². The fraction of sp³-hybridized carbons (Fsp3) is 0.944. The largest absolute Gasteiger partial charge is 0.450 e. The zero-order valence-corrected chi connectivity index (χ0v) is 16.1. The van der Waals surface area contributed by atoms with Crippen LogP contribution in [0.3, 0.4) is 0 Å². The topological polar surface area (TPSA) is 38.3 Å². The maximum atomic E-state index is 11.4. The summed E-state index contributed by atoms with van der Waals surface area (Å²) in [5.41, 5.74) is 0. The normalized spacial score (nSPS) is 10.6. The Morgan fingerprint density at radius 2 is 1.36 bits per heavy atom. The van der Waals surface area contributed by atoms with Crippen molar-refractivity contribution in [2.75, 3.05) is 18.5 Å². The maximum absolute atomic E-state index is 11.4. The number of nitrogens with one attached hydrogen (secondary N) is 1. The van der Waals surface area contributed by atoms with Crippen molar-refractivity contribution in [3.63, 3.8) is 0 Å². The highest BCUT2D eigenvalue weighted by Gasteiger charge is 2.00. The molecule has 0 spiro atoms. The highest BCUT2D eigenvalue weighted by Crippen LogP contribution is 2.09. The molecule has 132 valence electrons. The molecule has 22 heavy (non-hydrogen) atoms. The molecule has 0 rings (SSSR count). The van der Waals surface area contributed by atoms with Crippen LogP contribution < -0.4 is 5.32 Å². The van der Waals surface area contributed by atoms with Crippen LogP contribution in [0.25, 0.3) is 0 Å². The van der Waals surface area contributed by atoms with Gasteiger partial charge in [0.05, 0.1) is 6.61 Å². The average molecular weight is 378 g/mol. The minimum atomic E-state index is -0.250. The third-order valence-electron chi connectivity index (χ3n) is 3.81. The number of amides is 1. The van der Waals surface area contributed by atoms with E-state index >= 15 is 0 Å². The summed E-state index contributed by atoms with van der Waals surface area (Å²) < 4.78 is 5.17. The monoisotopic (exact) mass is 377 g/mol. The molecule has 0 saturated heterocycles. The van der Waals surface area contributed by atoms with E-state index in [0.29, 0.717) is 6.61 Å². The molecule has 0 aromatic rings. The highest BCUT2D eigenvalue weighted by molar-refractivity contribution is 9.09. The summed E-state index contributed by atoms with van der Waals surface area (Å²) in [7, 11) is 0. The molecule has 3 nitrogen and oxygen atoms in total. The van der Waals surface area contributed by atoms with E-state index in [4.69, 9.17) is 4.74 Å². The van der Waals surface area contributed by atoms with Crippen molar-refractivity contribution in [1.29, 1.82) is 0 Å². The van der Waals surface area contributed by atoms with E-state index in [-0.39, 0.29) is 6.09 Å². The number of rotatable bonds is 16. The van der Waals surface area contributed by atoms with Gasteiger partial charge in [0.15, 0.2) is 0 Å². The van der Waals surface area contributed by atoms with Gasteiger partial charge < -0.3 is 10.1 Å². The van der Waals surface area contributed by atoms with Crippen LogP contribution in [0.4, 0.5) is 4.79 Å². The van der Waals surface area contributed by atoms with Crippen molar-refractivity contribution < 1.29 is 9.53 Å². The van der Waals surface area contributed by atoms with Gasteiger partial charge in [0.2, 0.25) is 0 Å². The SMILES string of the molecule is CCCCCCCCCCCOC(=O)NCCCCCCBr. The fourth-order valence-electron chi connectivity index (χ4n) is 2.39. The number of hydrogen-bond donors (Lipinski definition) is 1. The predicted octanol–water partition coefficient (Wildman–Crippen LogP) is 6.20. The molecule has 0 aliphatic rings. The Hall–Kier alpha value is -0.250. The number of carbonyl (C=O) groups excluding carboxylic acids is 1. The maximum Gasteiger partial charge on any atom is 0.407 e. The van der Waals surface area contributed by atoms with Crippen LogP contribution in [0.1, 0.15) is 90.4 Å². The van der Waals surface area contributed by atoms with Crippen molar-refractivity contribution in [3.8, 4) is 0 Å². The Kier molecular flexibility index (Phi) is 18.6. The molecule has 0 heterocycles. The van der Waals surface area contributed by atoms with Crippen LogP contribution in [-0.2, 0) is 4.74 Å². The van der Waals surface area contributed by atoms with E-state index in [9.17, 15) is 4.79 Å². The van der Waals surface area contributed by atoms with Crippen LogP contribution >= 0.6 is 15.9 Å². The molecule has 4 heteroatoms. The summed E-state index contributed by atoms with van der Waals surface area (Å²) in [6, 6.07) is 0. The number of hydrogen-bond acceptors (Lipinski definition) is 2. The molecule has 0 radical (unpaired) electrons. The van der Waals surface area contributed by atoms with Gasteiger partial charge in [-0.15, -0.1) is 0 Å². The lowest BCUT2D eigenvalue weighted by Crippen LogP contribution is -2.25. The van der Waals surface area contributed by atoms with E-state index in [1.807, 2.05) is 0 Å². The van der Waals surface area contributed by atoms with Gasteiger partial charge in [0.1, 0.15) is 0 Å². The summed E-state index contributed by atoms with van der Waals surface area (Å²) in [4.78, 5) is 11.4. The summed E-state index contributed by atoms with van der Waals surface area (Å²) >= 11 is 3.42. The Balaban J connectivity index is 3.12. The molecule has 0 aromatic heterocycles. The van der Waals surface area contributed by atoms with Crippen LogP contribution in [0.2, 0.25) is 0 Å². The minimum absolute atomic E-state index is 0.250. The number of alkyl carbamates (subject to hydrolysis) is 1. The van der Waals surface area contributed by atoms with Gasteiger partial charge in [-0.2, -0.15) is 0 Å². The van der Waals surface area contributed by atoms with E-state index in [1.54, 1.807) is 0 Å². The van der Waals surface area contributed by atoms with Gasteiger partial charge in [-0.25, -0.2) is 4.79 Å². The van der Waals surface area contributed by atoms with Gasteiger partial charge in [-0.1, -0.05) is 87.1 Å². The Bertz CT molecular complexity index is 237. The molecular formula is C18H36BrNO2. The van der Waals surface area contributed by atoms with E-state index < -0.39 is 0 Å². The van der Waals surface area contributed by atoms with Crippen LogP contribution in [0.15, 0.2) is 0 Å². The zero-order valence-electron chi connectivity index (χ0n) is 14.5. The first-order valence-electron chi connectivity index (χ1n) is 9.27. The summed E-state index contributed by atoms with van der Waals surface area (Å²) in [6.07, 6.45) is 16.0. The molecule has 0 saturated carbocycles. The van der Waals surface area contributed by atoms with Crippen molar-refractivity contribution in [2.24, 2.45) is 0 Å². The van der Waals surface area contributed by atoms with Crippen LogP contribution in [0, 0.1) is 0 Å². The van der Waals surface area contributed by atoms with Crippen LogP contribution in [0.5, 0.6) is 0 Å². The van der Waals surface area contributed by atoms with Gasteiger partial charge in [0, 0.05) is 11.9 Å². The molecule has 0 aromatic carbocycles. The molecule has 0 atom stereocenters. The molecule has 1 N–H and O–H groups in total. The molecule has 0 fully saturated rings. The molecule has 0 aliphatic carbocycles. The van der Waals surface area contributed by atoms with E-state index in [2.05, 4.69) is 28.2 Å². The third kappa shape index (κ3) is 17.8. The highest BCUT2D eigenvalue weighted by atomic mass is 79.9. The number of carbonyl (C=O) groups is 1. The molecule has 1 amide bonds. The fourth-order valence-corrected chi connectivity index (χ4v) is 2.79. The van der Waals surface area contributed by atoms with Crippen molar-refractivity contribution in [1.82, 2.24) is 5.32 Å². The van der Waals surface area contributed by atoms with Crippen molar-refractivity contribution in [3.05, 3.63) is 0 Å². The number of alkyl halides is 1. The summed E-state index contributed by atoms with van der Waals surface area (Å²) in [6.45, 7) is 3.55. The molecular weight excluding hydrogens is 342 g/mol. The first-order valence-corrected chi connectivity index (χ1v) is 10.4. The molecule has 0 bridgehead atoms. The summed E-state index contributed by atoms with van der Waals surface area (Å²) in [5, 5.41) is 3.89. The minimum Gasteiger partial charge on any atom is -0.450 e. The molecule has 0 unspecified atom stereocenters. The van der Waals surface area contributed by atoms with E-state index in [0.717, 1.165) is 24.7 Å². The second-order valence-corrected chi connectivity index (χ2v) is 6.79. The lowest BCUT2D eigenvalue weighted by Gasteiger charge is -2.07.